The van der Waals surface area contributed by atoms with E-state index in [0.717, 1.165) is 0 Å². The first-order valence-electron chi connectivity index (χ1n) is 4.41. The summed E-state index contributed by atoms with van der Waals surface area (Å²) in [5, 5.41) is 2.94. The van der Waals surface area contributed by atoms with E-state index in [9.17, 15) is 13.2 Å². The van der Waals surface area contributed by atoms with E-state index in [-0.39, 0.29) is 5.96 Å². The van der Waals surface area contributed by atoms with Crippen molar-refractivity contribution < 1.29 is 13.2 Å². The molecule has 5 nitrogen and oxygen atoms in total. The second-order valence-electron chi connectivity index (χ2n) is 2.87. The van der Waals surface area contributed by atoms with Crippen LogP contribution in [-0.4, -0.2) is 34.9 Å². The fourth-order valence-electron chi connectivity index (χ4n) is 0.854. The summed E-state index contributed by atoms with van der Waals surface area (Å²) in [7, 11) is 0. The molecule has 17 heavy (non-hydrogen) atoms. The third-order valence-electron chi connectivity index (χ3n) is 1.50. The molecule has 0 bridgehead atoms. The van der Waals surface area contributed by atoms with Crippen molar-refractivity contribution in [2.24, 2.45) is 10.7 Å². The quantitative estimate of drug-likeness (QED) is 0.375. The first-order chi connectivity index (χ1) is 7.90. The molecular weight excluding hydrogens is 255 g/mol. The van der Waals surface area contributed by atoms with Crippen LogP contribution in [-0.2, 0) is 0 Å². The highest BCUT2D eigenvalue weighted by molar-refractivity contribution is 7.98. The van der Waals surface area contributed by atoms with Gasteiger partial charge in [0.2, 0.25) is 0 Å². The molecule has 1 rings (SSSR count). The van der Waals surface area contributed by atoms with Crippen LogP contribution in [0.5, 0.6) is 0 Å². The number of guanidine groups is 1. The second kappa shape index (κ2) is 5.71. The topological polar surface area (TPSA) is 76.2 Å². The van der Waals surface area contributed by atoms with Crippen LogP contribution >= 0.6 is 11.8 Å². The fraction of sp³-hybridized carbons (Fsp3) is 0.375. The Bertz CT molecular complexity index is 406. The smallest absolute Gasteiger partial charge is 0.370 e. The van der Waals surface area contributed by atoms with Gasteiger partial charge in [0.05, 0.1) is 0 Å². The zero-order chi connectivity index (χ0) is 12.9. The number of halogens is 3. The summed E-state index contributed by atoms with van der Waals surface area (Å²) < 4.78 is 35.6. The molecule has 0 saturated carbocycles. The number of anilines is 1. The Kier molecular flexibility index (Phi) is 4.55. The number of nitrogens with two attached hydrogens (primary N) is 1. The molecule has 1 heterocycles. The molecule has 1 aromatic heterocycles. The van der Waals surface area contributed by atoms with E-state index in [1.54, 1.807) is 6.26 Å². The highest BCUT2D eigenvalue weighted by Gasteiger charge is 2.26. The van der Waals surface area contributed by atoms with Gasteiger partial charge in [0, 0.05) is 6.20 Å². The van der Waals surface area contributed by atoms with Gasteiger partial charge in [-0.25, -0.2) is 15.0 Å². The summed E-state index contributed by atoms with van der Waals surface area (Å²) in [6, 6.07) is 1.48. The van der Waals surface area contributed by atoms with Crippen molar-refractivity contribution >= 4 is 23.5 Å². The number of nitrogens with one attached hydrogen (secondary N) is 1. The van der Waals surface area contributed by atoms with Gasteiger partial charge in [0.1, 0.15) is 12.4 Å². The van der Waals surface area contributed by atoms with Crippen molar-refractivity contribution in [2.45, 2.75) is 11.3 Å². The molecular formula is C8H10F3N5S. The molecule has 1 aromatic rings. The van der Waals surface area contributed by atoms with Crippen LogP contribution < -0.4 is 11.1 Å². The average Bonchev–Trinajstić information content (AvgIpc) is 2.26. The largest absolute Gasteiger partial charge is 0.408 e. The van der Waals surface area contributed by atoms with Crippen LogP contribution in [0, 0.1) is 0 Å². The molecule has 0 radical (unpaired) electrons. The number of thioether (sulfide) groups is 1. The van der Waals surface area contributed by atoms with E-state index < -0.39 is 12.7 Å². The predicted octanol–water partition coefficient (Wildman–Crippen LogP) is 1.49. The van der Waals surface area contributed by atoms with Crippen molar-refractivity contribution in [3.63, 3.8) is 0 Å². The van der Waals surface area contributed by atoms with E-state index in [4.69, 9.17) is 5.73 Å². The SMILES string of the molecule is CSc1nccc(N/C(N)=N\CC(F)(F)F)n1. The molecule has 0 fully saturated rings. The molecule has 0 atom stereocenters. The molecule has 9 heteroatoms. The Balaban J connectivity index is 2.64. The van der Waals surface area contributed by atoms with Gasteiger partial charge in [0.15, 0.2) is 11.1 Å². The number of rotatable bonds is 3. The van der Waals surface area contributed by atoms with Gasteiger partial charge < -0.3 is 11.1 Å². The number of aromatic nitrogens is 2. The molecule has 0 aromatic carbocycles. The van der Waals surface area contributed by atoms with Crippen molar-refractivity contribution in [1.29, 1.82) is 0 Å². The number of alkyl halides is 3. The minimum Gasteiger partial charge on any atom is -0.370 e. The summed E-state index contributed by atoms with van der Waals surface area (Å²) in [5.41, 5.74) is 5.28. The van der Waals surface area contributed by atoms with E-state index >= 15 is 0 Å². The highest BCUT2D eigenvalue weighted by Crippen LogP contribution is 2.14. The fourth-order valence-corrected chi connectivity index (χ4v) is 1.21. The van der Waals surface area contributed by atoms with E-state index in [2.05, 4.69) is 20.3 Å². The highest BCUT2D eigenvalue weighted by atomic mass is 32.2. The number of nitrogens with zero attached hydrogens (tertiary/aromatic N) is 3. The molecule has 94 valence electrons. The van der Waals surface area contributed by atoms with E-state index in [0.29, 0.717) is 11.0 Å². The molecule has 3 N–H and O–H groups in total. The van der Waals surface area contributed by atoms with Gasteiger partial charge in [-0.3, -0.25) is 0 Å². The van der Waals surface area contributed by atoms with E-state index in [1.165, 1.54) is 24.0 Å². The van der Waals surface area contributed by atoms with Crippen LogP contribution in [0.25, 0.3) is 0 Å². The molecule has 0 aliphatic carbocycles. The number of hydrogen-bond acceptors (Lipinski definition) is 4. The Hall–Kier alpha value is -1.51. The van der Waals surface area contributed by atoms with Gasteiger partial charge in [-0.2, -0.15) is 13.2 Å². The lowest BCUT2D eigenvalue weighted by atomic mass is 10.6. The van der Waals surface area contributed by atoms with E-state index in [1.807, 2.05) is 0 Å². The zero-order valence-corrected chi connectivity index (χ0v) is 9.64. The van der Waals surface area contributed by atoms with Crippen LogP contribution in [0.1, 0.15) is 0 Å². The molecule has 0 aliphatic rings. The lowest BCUT2D eigenvalue weighted by Crippen LogP contribution is -2.26. The van der Waals surface area contributed by atoms with Crippen molar-refractivity contribution in [3.8, 4) is 0 Å². The van der Waals surface area contributed by atoms with Crippen molar-refractivity contribution in [2.75, 3.05) is 18.1 Å². The monoisotopic (exact) mass is 265 g/mol. The Morgan fingerprint density at radius 2 is 2.29 bits per heavy atom. The maximum atomic E-state index is 11.9. The maximum absolute atomic E-state index is 11.9. The molecule has 0 aliphatic heterocycles. The third-order valence-corrected chi connectivity index (χ3v) is 2.06. The summed E-state index contributed by atoms with van der Waals surface area (Å²) in [6.45, 7) is -1.33. The Morgan fingerprint density at radius 3 is 2.88 bits per heavy atom. The summed E-state index contributed by atoms with van der Waals surface area (Å²) in [6.07, 6.45) is -1.12. The van der Waals surface area contributed by atoms with Crippen LogP contribution in [0.15, 0.2) is 22.4 Å². The predicted molar refractivity (Wildman–Crippen MR) is 60.0 cm³/mol. The minimum atomic E-state index is -4.37. The molecule has 0 saturated heterocycles. The van der Waals surface area contributed by atoms with Gasteiger partial charge in [-0.1, -0.05) is 11.8 Å². The normalized spacial score (nSPS) is 12.6. The lowest BCUT2D eigenvalue weighted by molar-refractivity contribution is -0.118. The third kappa shape index (κ3) is 5.38. The first-order valence-corrected chi connectivity index (χ1v) is 5.64. The van der Waals surface area contributed by atoms with Crippen molar-refractivity contribution in [1.82, 2.24) is 9.97 Å². The lowest BCUT2D eigenvalue weighted by Gasteiger charge is -2.06. The molecule has 0 unspecified atom stereocenters. The average molecular weight is 265 g/mol. The maximum Gasteiger partial charge on any atom is 0.408 e. The van der Waals surface area contributed by atoms with Gasteiger partial charge in [0.25, 0.3) is 0 Å². The summed E-state index contributed by atoms with van der Waals surface area (Å²) in [5.74, 6) is -0.0409. The van der Waals surface area contributed by atoms with Crippen LogP contribution in [0.4, 0.5) is 19.0 Å². The van der Waals surface area contributed by atoms with Gasteiger partial charge in [-0.15, -0.1) is 0 Å². The molecule has 0 spiro atoms. The standard InChI is InChI=1S/C8H10F3N5S/c1-17-7-13-3-2-5(16-7)15-6(12)14-4-8(9,10)11/h2-3H,4H2,1H3,(H3,12,13,14,15,16). The van der Waals surface area contributed by atoms with Crippen LogP contribution in [0.2, 0.25) is 0 Å². The van der Waals surface area contributed by atoms with Gasteiger partial charge >= 0.3 is 6.18 Å². The Morgan fingerprint density at radius 1 is 1.59 bits per heavy atom. The van der Waals surface area contributed by atoms with Crippen molar-refractivity contribution in [3.05, 3.63) is 12.3 Å². The minimum absolute atomic E-state index is 0.299. The second-order valence-corrected chi connectivity index (χ2v) is 3.64. The van der Waals surface area contributed by atoms with Crippen LogP contribution in [0.3, 0.4) is 0 Å². The summed E-state index contributed by atoms with van der Waals surface area (Å²) in [4.78, 5) is 11.0. The first kappa shape index (κ1) is 13.6. The molecule has 0 amide bonds. The zero-order valence-electron chi connectivity index (χ0n) is 8.82. The Labute approximate surface area is 99.7 Å². The van der Waals surface area contributed by atoms with Gasteiger partial charge in [-0.05, 0) is 12.3 Å². The summed E-state index contributed by atoms with van der Waals surface area (Å²) >= 11 is 1.30. The number of aliphatic imine (C=N–C) groups is 1. The number of hydrogen-bond donors (Lipinski definition) is 2.